The third kappa shape index (κ3) is 2.77. The molecule has 1 saturated heterocycles. The standard InChI is InChI=1S/C21H18ClNO4/c22-15-3-1-2-4-16(15)26-13-7-5-12(6-8-13)23-20(24)18-11-9-14-17(10-11)27-21(25)19(14)18/h1-8,11,14,17-19H,9-10H2,(H,23,24)/t11-,14+,17+,18-,19+/m1/s1. The van der Waals surface area contributed by atoms with Gasteiger partial charge in [-0.2, -0.15) is 0 Å². The van der Waals surface area contributed by atoms with Crippen molar-refractivity contribution in [1.29, 1.82) is 0 Å². The van der Waals surface area contributed by atoms with Crippen LogP contribution in [-0.4, -0.2) is 18.0 Å². The molecule has 0 radical (unpaired) electrons. The average molecular weight is 384 g/mol. The lowest BCUT2D eigenvalue weighted by Gasteiger charge is -2.23. The van der Waals surface area contributed by atoms with Crippen LogP contribution in [0.4, 0.5) is 5.69 Å². The van der Waals surface area contributed by atoms with Gasteiger partial charge in [0.1, 0.15) is 17.6 Å². The fraction of sp³-hybridized carbons (Fsp3) is 0.333. The van der Waals surface area contributed by atoms with Gasteiger partial charge in [0.15, 0.2) is 0 Å². The Balaban J connectivity index is 1.27. The van der Waals surface area contributed by atoms with Crippen molar-refractivity contribution < 1.29 is 19.1 Å². The van der Waals surface area contributed by atoms with E-state index >= 15 is 0 Å². The highest BCUT2D eigenvalue weighted by Crippen LogP contribution is 2.57. The summed E-state index contributed by atoms with van der Waals surface area (Å²) in [7, 11) is 0. The third-order valence-electron chi connectivity index (χ3n) is 5.97. The van der Waals surface area contributed by atoms with E-state index in [9.17, 15) is 9.59 Å². The van der Waals surface area contributed by atoms with Crippen LogP contribution in [0.15, 0.2) is 48.5 Å². The van der Waals surface area contributed by atoms with Crippen molar-refractivity contribution in [2.24, 2.45) is 23.7 Å². The Morgan fingerprint density at radius 3 is 2.67 bits per heavy atom. The highest BCUT2D eigenvalue weighted by molar-refractivity contribution is 6.32. The number of nitrogens with one attached hydrogen (secondary N) is 1. The summed E-state index contributed by atoms with van der Waals surface area (Å²) >= 11 is 6.10. The number of hydrogen-bond donors (Lipinski definition) is 1. The predicted octanol–water partition coefficient (Wildman–Crippen LogP) is 4.27. The number of halogens is 1. The number of fused-ring (bicyclic) bond motifs is 1. The summed E-state index contributed by atoms with van der Waals surface area (Å²) in [5, 5.41) is 3.48. The molecule has 0 unspecified atom stereocenters. The number of carbonyl (C=O) groups is 2. The molecule has 2 saturated carbocycles. The first-order valence-corrected chi connectivity index (χ1v) is 9.52. The molecule has 2 aromatic carbocycles. The zero-order valence-corrected chi connectivity index (χ0v) is 15.2. The zero-order chi connectivity index (χ0) is 18.5. The highest BCUT2D eigenvalue weighted by Gasteiger charge is 2.63. The lowest BCUT2D eigenvalue weighted by atomic mass is 9.79. The van der Waals surface area contributed by atoms with Gasteiger partial charge in [0.05, 0.1) is 16.9 Å². The minimum atomic E-state index is -0.277. The van der Waals surface area contributed by atoms with Crippen LogP contribution in [0, 0.1) is 23.7 Å². The minimum Gasteiger partial charge on any atom is -0.462 e. The molecular weight excluding hydrogens is 366 g/mol. The number of amides is 1. The molecule has 3 aliphatic rings. The van der Waals surface area contributed by atoms with Gasteiger partial charge < -0.3 is 14.8 Å². The van der Waals surface area contributed by atoms with Crippen molar-refractivity contribution in [3.05, 3.63) is 53.6 Å². The second-order valence-electron chi connectivity index (χ2n) is 7.47. The Bertz CT molecular complexity index is 911. The second kappa shape index (κ2) is 6.27. The third-order valence-corrected chi connectivity index (χ3v) is 6.28. The molecule has 5 atom stereocenters. The minimum absolute atomic E-state index is 0.0396. The molecule has 3 fully saturated rings. The number of esters is 1. The van der Waals surface area contributed by atoms with Gasteiger partial charge in [0.2, 0.25) is 5.91 Å². The molecule has 0 spiro atoms. The van der Waals surface area contributed by atoms with Crippen LogP contribution in [0.1, 0.15) is 12.8 Å². The summed E-state index contributed by atoms with van der Waals surface area (Å²) in [6.45, 7) is 0. The molecule has 2 bridgehead atoms. The SMILES string of the molecule is O=C(Nc1ccc(Oc2ccccc2Cl)cc1)[C@@H]1[C@@H]2C[C@@H]3[C@@H]1C(=O)O[C@H]3C2. The van der Waals surface area contributed by atoms with Crippen LogP contribution in [0.3, 0.4) is 0 Å². The van der Waals surface area contributed by atoms with Gasteiger partial charge in [-0.15, -0.1) is 0 Å². The lowest BCUT2D eigenvalue weighted by molar-refractivity contribution is -0.145. The van der Waals surface area contributed by atoms with Crippen molar-refractivity contribution in [3.63, 3.8) is 0 Å². The maximum atomic E-state index is 12.8. The van der Waals surface area contributed by atoms with Crippen LogP contribution < -0.4 is 10.1 Å². The highest BCUT2D eigenvalue weighted by atomic mass is 35.5. The average Bonchev–Trinajstić information content (AvgIpc) is 3.27. The molecule has 2 aromatic rings. The largest absolute Gasteiger partial charge is 0.462 e. The van der Waals surface area contributed by atoms with Gasteiger partial charge in [0, 0.05) is 11.6 Å². The molecule has 5 nitrogen and oxygen atoms in total. The molecular formula is C21H18ClNO4. The van der Waals surface area contributed by atoms with E-state index in [1.807, 2.05) is 12.1 Å². The van der Waals surface area contributed by atoms with Gasteiger partial charge in [-0.05, 0) is 55.2 Å². The van der Waals surface area contributed by atoms with E-state index in [2.05, 4.69) is 5.32 Å². The first-order chi connectivity index (χ1) is 13.1. The molecule has 138 valence electrons. The van der Waals surface area contributed by atoms with E-state index < -0.39 is 0 Å². The van der Waals surface area contributed by atoms with Crippen LogP contribution in [0.2, 0.25) is 5.02 Å². The molecule has 1 heterocycles. The van der Waals surface area contributed by atoms with Crippen LogP contribution in [0.25, 0.3) is 0 Å². The van der Waals surface area contributed by atoms with Crippen molar-refractivity contribution >= 4 is 29.2 Å². The monoisotopic (exact) mass is 383 g/mol. The summed E-state index contributed by atoms with van der Waals surface area (Å²) in [6, 6.07) is 14.4. The Kier molecular flexibility index (Phi) is 3.86. The van der Waals surface area contributed by atoms with E-state index in [1.54, 1.807) is 36.4 Å². The number of hydrogen-bond acceptors (Lipinski definition) is 4. The van der Waals surface area contributed by atoms with Crippen molar-refractivity contribution in [1.82, 2.24) is 0 Å². The van der Waals surface area contributed by atoms with Gasteiger partial charge in [-0.3, -0.25) is 9.59 Å². The van der Waals surface area contributed by atoms with Crippen molar-refractivity contribution in [2.45, 2.75) is 18.9 Å². The van der Waals surface area contributed by atoms with E-state index in [0.717, 1.165) is 12.8 Å². The molecule has 27 heavy (non-hydrogen) atoms. The molecule has 0 aromatic heterocycles. The summed E-state index contributed by atoms with van der Waals surface area (Å²) in [6.07, 6.45) is 1.78. The molecule has 1 amide bonds. The Labute approximate surface area is 161 Å². The Morgan fingerprint density at radius 1 is 1.11 bits per heavy atom. The predicted molar refractivity (Wildman–Crippen MR) is 99.7 cm³/mol. The number of ether oxygens (including phenoxy) is 2. The van der Waals surface area contributed by atoms with E-state index in [0.29, 0.717) is 22.2 Å². The van der Waals surface area contributed by atoms with Crippen molar-refractivity contribution in [2.75, 3.05) is 5.32 Å². The Hall–Kier alpha value is -2.53. The van der Waals surface area contributed by atoms with E-state index in [4.69, 9.17) is 21.1 Å². The van der Waals surface area contributed by atoms with Crippen LogP contribution in [0.5, 0.6) is 11.5 Å². The Morgan fingerprint density at radius 2 is 1.89 bits per heavy atom. The molecule has 6 heteroatoms. The maximum Gasteiger partial charge on any atom is 0.310 e. The fourth-order valence-corrected chi connectivity index (χ4v) is 5.02. The summed E-state index contributed by atoms with van der Waals surface area (Å²) < 4.78 is 11.2. The van der Waals surface area contributed by atoms with Gasteiger partial charge >= 0.3 is 5.97 Å². The number of anilines is 1. The van der Waals surface area contributed by atoms with Crippen LogP contribution >= 0.6 is 11.6 Å². The molecule has 5 rings (SSSR count). The number of para-hydroxylation sites is 1. The molecule has 1 aliphatic heterocycles. The molecule has 2 aliphatic carbocycles. The number of rotatable bonds is 4. The van der Waals surface area contributed by atoms with Crippen molar-refractivity contribution in [3.8, 4) is 11.5 Å². The van der Waals surface area contributed by atoms with E-state index in [-0.39, 0.29) is 41.7 Å². The van der Waals surface area contributed by atoms with Gasteiger partial charge in [-0.1, -0.05) is 23.7 Å². The summed E-state index contributed by atoms with van der Waals surface area (Å²) in [5.41, 5.74) is 0.678. The zero-order valence-electron chi connectivity index (χ0n) is 14.4. The first kappa shape index (κ1) is 16.6. The lowest BCUT2D eigenvalue weighted by Crippen LogP contribution is -2.35. The normalized spacial score (nSPS) is 30.3. The molecule has 1 N–H and O–H groups in total. The number of carbonyl (C=O) groups excluding carboxylic acids is 2. The summed E-state index contributed by atoms with van der Waals surface area (Å²) in [4.78, 5) is 24.9. The summed E-state index contributed by atoms with van der Waals surface area (Å²) in [5.74, 6) is 0.842. The van der Waals surface area contributed by atoms with Gasteiger partial charge in [0.25, 0.3) is 0 Å². The second-order valence-corrected chi connectivity index (χ2v) is 7.88. The number of benzene rings is 2. The smallest absolute Gasteiger partial charge is 0.310 e. The first-order valence-electron chi connectivity index (χ1n) is 9.14. The topological polar surface area (TPSA) is 64.6 Å². The quantitative estimate of drug-likeness (QED) is 0.801. The van der Waals surface area contributed by atoms with Gasteiger partial charge in [-0.25, -0.2) is 0 Å². The van der Waals surface area contributed by atoms with Crippen LogP contribution in [-0.2, 0) is 14.3 Å². The van der Waals surface area contributed by atoms with E-state index in [1.165, 1.54) is 0 Å². The maximum absolute atomic E-state index is 12.8. The fourth-order valence-electron chi connectivity index (χ4n) is 4.85.